The third kappa shape index (κ3) is 5.13. The largest absolute Gasteiger partial charge is 0.474 e. The number of hydrogen-bond donors (Lipinski definition) is 2. The molecule has 0 spiro atoms. The number of hydrogen-bond acceptors (Lipinski definition) is 8. The molecule has 1 aromatic carbocycles. The Morgan fingerprint density at radius 3 is 2.64 bits per heavy atom. The molecule has 0 bridgehead atoms. The van der Waals surface area contributed by atoms with Crippen molar-refractivity contribution in [2.45, 2.75) is 30.4 Å². The molecule has 2 aromatic rings. The molecule has 1 aliphatic carbocycles. The van der Waals surface area contributed by atoms with Gasteiger partial charge >= 0.3 is 0 Å². The van der Waals surface area contributed by atoms with E-state index in [-0.39, 0.29) is 24.6 Å². The molecule has 10 nitrogen and oxygen atoms in total. The maximum atomic E-state index is 12.9. The van der Waals surface area contributed by atoms with E-state index in [4.69, 9.17) is 10.00 Å². The molecule has 190 valence electrons. The van der Waals surface area contributed by atoms with Crippen LogP contribution in [0.2, 0.25) is 0 Å². The molecule has 1 saturated carbocycles. The summed E-state index contributed by atoms with van der Waals surface area (Å²) in [5.41, 5.74) is 2.56. The maximum Gasteiger partial charge on any atom is 0.267 e. The van der Waals surface area contributed by atoms with Crippen molar-refractivity contribution in [2.24, 2.45) is 3.77 Å². The number of nitrogens with one attached hydrogen (secondary N) is 1. The predicted molar refractivity (Wildman–Crippen MR) is 138 cm³/mol. The van der Waals surface area contributed by atoms with Crippen molar-refractivity contribution in [2.75, 3.05) is 31.1 Å². The van der Waals surface area contributed by atoms with Crippen LogP contribution in [-0.4, -0.2) is 61.6 Å². The van der Waals surface area contributed by atoms with Gasteiger partial charge in [-0.05, 0) is 55.2 Å². The van der Waals surface area contributed by atoms with Crippen molar-refractivity contribution in [3.05, 3.63) is 58.8 Å². The average molecular weight is 530 g/mol. The molecular formula is C24H27N5O5S2. The molecule has 0 radical (unpaired) electrons. The molecule has 2 heterocycles. The number of aliphatic hydroxyl groups excluding tert-OH is 1. The van der Waals surface area contributed by atoms with Gasteiger partial charge in [-0.25, -0.2) is 13.4 Å². The lowest BCUT2D eigenvalue weighted by Gasteiger charge is -2.33. The van der Waals surface area contributed by atoms with E-state index in [1.54, 1.807) is 56.0 Å². The fourth-order valence-corrected chi connectivity index (χ4v) is 6.88. The molecule has 2 aliphatic rings. The monoisotopic (exact) mass is 529 g/mol. The van der Waals surface area contributed by atoms with E-state index in [2.05, 4.69) is 14.1 Å². The van der Waals surface area contributed by atoms with Crippen LogP contribution in [0.1, 0.15) is 29.5 Å². The Balaban J connectivity index is 1.52. The first-order chi connectivity index (χ1) is 17.1. The van der Waals surface area contributed by atoms with Gasteiger partial charge in [-0.1, -0.05) is 22.8 Å². The number of anilines is 1. The summed E-state index contributed by atoms with van der Waals surface area (Å²) in [6, 6.07) is 10.6. The van der Waals surface area contributed by atoms with Crippen LogP contribution in [0.5, 0.6) is 5.88 Å². The molecule has 1 atom stereocenters. The number of aromatic nitrogens is 1. The van der Waals surface area contributed by atoms with Gasteiger partial charge in [0.1, 0.15) is 17.0 Å². The second-order valence-electron chi connectivity index (χ2n) is 8.92. The Morgan fingerprint density at radius 2 is 2.03 bits per heavy atom. The maximum absolute atomic E-state index is 12.9. The molecule has 1 amide bonds. The summed E-state index contributed by atoms with van der Waals surface area (Å²) < 4.78 is 34.1. The molecule has 0 saturated heterocycles. The molecule has 36 heavy (non-hydrogen) atoms. The highest BCUT2D eigenvalue weighted by Crippen LogP contribution is 2.46. The Hall–Kier alpha value is -3.27. The summed E-state index contributed by atoms with van der Waals surface area (Å²) in [5.74, 6) is -0.265. The zero-order chi connectivity index (χ0) is 26.1. The van der Waals surface area contributed by atoms with Gasteiger partial charge in [0.2, 0.25) is 5.88 Å². The van der Waals surface area contributed by atoms with Gasteiger partial charge in [-0.15, -0.1) is 3.77 Å². The first-order valence-corrected chi connectivity index (χ1v) is 14.6. The van der Waals surface area contributed by atoms with Crippen LogP contribution in [-0.2, 0) is 32.1 Å². The molecule has 2 N–H and O–H groups in total. The van der Waals surface area contributed by atoms with E-state index in [0.29, 0.717) is 29.7 Å². The fourth-order valence-electron chi connectivity index (χ4n) is 3.85. The van der Waals surface area contributed by atoms with Gasteiger partial charge in [-0.3, -0.25) is 4.79 Å². The summed E-state index contributed by atoms with van der Waals surface area (Å²) >= 11 is 0. The summed E-state index contributed by atoms with van der Waals surface area (Å²) in [6.07, 6.45) is 6.23. The number of fused-ring (bicyclic) bond motifs is 1. The normalized spacial score (nSPS) is 18.1. The SMILES string of the molecule is CN1c2c(ccnc2OCC2(S(=O)(=O)N=S(C)C)CC2)C=C(C(=O)NCc2ccc(C#N)cc2)C1O. The number of ether oxygens (including phenoxy) is 1. The van der Waals surface area contributed by atoms with Crippen LogP contribution in [0.25, 0.3) is 6.08 Å². The van der Waals surface area contributed by atoms with E-state index >= 15 is 0 Å². The van der Waals surface area contributed by atoms with Crippen molar-refractivity contribution in [1.82, 2.24) is 10.3 Å². The van der Waals surface area contributed by atoms with Gasteiger partial charge < -0.3 is 20.1 Å². The van der Waals surface area contributed by atoms with Gasteiger partial charge in [-0.2, -0.15) is 5.26 Å². The number of rotatable bonds is 8. The van der Waals surface area contributed by atoms with E-state index in [1.807, 2.05) is 6.07 Å². The van der Waals surface area contributed by atoms with E-state index in [9.17, 15) is 18.3 Å². The number of amides is 1. The number of carbonyl (C=O) groups is 1. The van der Waals surface area contributed by atoms with Gasteiger partial charge in [0.05, 0.1) is 17.2 Å². The average Bonchev–Trinajstić information content (AvgIpc) is 3.65. The van der Waals surface area contributed by atoms with Crippen LogP contribution in [0.15, 0.2) is 45.9 Å². The smallest absolute Gasteiger partial charge is 0.267 e. The lowest BCUT2D eigenvalue weighted by Crippen LogP contribution is -2.42. The zero-order valence-corrected chi connectivity index (χ0v) is 21.8. The van der Waals surface area contributed by atoms with Crippen LogP contribution in [0, 0.1) is 11.3 Å². The Bertz CT molecular complexity index is 1390. The van der Waals surface area contributed by atoms with Crippen molar-refractivity contribution in [3.8, 4) is 11.9 Å². The van der Waals surface area contributed by atoms with Crippen molar-refractivity contribution < 1.29 is 23.1 Å². The predicted octanol–water partition coefficient (Wildman–Crippen LogP) is 1.72. The number of nitrogens with zero attached hydrogens (tertiary/aromatic N) is 4. The lowest BCUT2D eigenvalue weighted by atomic mass is 10.0. The fraction of sp³-hybridized carbons (Fsp3) is 0.375. The van der Waals surface area contributed by atoms with Crippen LogP contribution >= 0.6 is 0 Å². The number of benzene rings is 1. The number of likely N-dealkylation sites (N-methyl/N-ethyl adjacent to an activating group) is 1. The van der Waals surface area contributed by atoms with E-state index in [0.717, 1.165) is 5.56 Å². The highest BCUT2D eigenvalue weighted by atomic mass is 32.3. The summed E-state index contributed by atoms with van der Waals surface area (Å²) in [4.78, 5) is 18.6. The first kappa shape index (κ1) is 25.8. The molecule has 1 unspecified atom stereocenters. The highest BCUT2D eigenvalue weighted by Gasteiger charge is 2.56. The minimum Gasteiger partial charge on any atom is -0.474 e. The minimum absolute atomic E-state index is 0.0922. The summed E-state index contributed by atoms with van der Waals surface area (Å²) in [6.45, 7) is 0.138. The number of sulfonamides is 1. The van der Waals surface area contributed by atoms with Crippen molar-refractivity contribution in [1.29, 1.82) is 5.26 Å². The Labute approximate surface area is 212 Å². The summed E-state index contributed by atoms with van der Waals surface area (Å²) in [5, 5.41) is 22.6. The van der Waals surface area contributed by atoms with Crippen LogP contribution in [0.3, 0.4) is 0 Å². The highest BCUT2D eigenvalue weighted by molar-refractivity contribution is 8.00. The number of carbonyl (C=O) groups excluding carboxylic acids is 1. The third-order valence-electron chi connectivity index (χ3n) is 6.10. The van der Waals surface area contributed by atoms with E-state index in [1.165, 1.54) is 11.1 Å². The second-order valence-corrected chi connectivity index (χ2v) is 12.9. The second kappa shape index (κ2) is 10.0. The van der Waals surface area contributed by atoms with Crippen molar-refractivity contribution >= 4 is 38.4 Å². The minimum atomic E-state index is -3.68. The molecule has 12 heteroatoms. The first-order valence-electron chi connectivity index (χ1n) is 11.1. The van der Waals surface area contributed by atoms with Crippen LogP contribution in [0.4, 0.5) is 5.69 Å². The van der Waals surface area contributed by atoms with Gasteiger partial charge in [0.25, 0.3) is 15.9 Å². The quantitative estimate of drug-likeness (QED) is 0.526. The van der Waals surface area contributed by atoms with Gasteiger partial charge in [0, 0.05) is 25.4 Å². The molecular weight excluding hydrogens is 502 g/mol. The topological polar surface area (TPSA) is 145 Å². The number of pyridine rings is 1. The zero-order valence-electron chi connectivity index (χ0n) is 20.1. The molecule has 1 aromatic heterocycles. The van der Waals surface area contributed by atoms with E-state index < -0.39 is 37.6 Å². The Kier molecular flexibility index (Phi) is 7.17. The molecule has 4 rings (SSSR count). The molecule has 1 aliphatic heterocycles. The number of aliphatic hydroxyl groups is 1. The van der Waals surface area contributed by atoms with Gasteiger partial charge in [0.15, 0.2) is 6.23 Å². The third-order valence-corrected chi connectivity index (χ3v) is 9.70. The number of nitriles is 1. The standard InChI is InChI=1S/C24H27N5O5S2/c1-29-20-18(8-11-26-22(20)34-15-24(9-10-24)36(32,33)28-35(2)3)12-19(23(29)31)21(30)27-14-17-6-4-16(13-25)5-7-17/h4-8,11-12,23,31H,9-10,14-15H2,1-3H3,(H,27,30). The van der Waals surface area contributed by atoms with Crippen LogP contribution < -0.4 is 15.0 Å². The summed E-state index contributed by atoms with van der Waals surface area (Å²) in [7, 11) is -2.68. The van der Waals surface area contributed by atoms with Crippen molar-refractivity contribution in [3.63, 3.8) is 0 Å². The Morgan fingerprint density at radius 1 is 1.33 bits per heavy atom. The molecule has 1 fully saturated rings. The lowest BCUT2D eigenvalue weighted by molar-refractivity contribution is -0.118.